The lowest BCUT2D eigenvalue weighted by Crippen LogP contribution is -2.58. The SMILES string of the molecule is CC(C)Cc1cnn(C2(C)CCN(C(=O)C34CCN(CC3)CC4)CC2)c1. The van der Waals surface area contributed by atoms with Gasteiger partial charge in [-0.15, -0.1) is 0 Å². The van der Waals surface area contributed by atoms with Crippen LogP contribution in [0.2, 0.25) is 0 Å². The van der Waals surface area contributed by atoms with Gasteiger partial charge in [-0.3, -0.25) is 9.48 Å². The van der Waals surface area contributed by atoms with Gasteiger partial charge in [-0.25, -0.2) is 0 Å². The second kappa shape index (κ2) is 6.66. The average Bonchev–Trinajstić information content (AvgIpc) is 3.12. The maximum atomic E-state index is 13.3. The van der Waals surface area contributed by atoms with Crippen LogP contribution in [0.15, 0.2) is 12.4 Å². The van der Waals surface area contributed by atoms with Crippen molar-refractivity contribution in [1.82, 2.24) is 19.6 Å². The number of amides is 1. The Labute approximate surface area is 157 Å². The molecule has 144 valence electrons. The van der Waals surface area contributed by atoms with Gasteiger partial charge in [0, 0.05) is 19.3 Å². The van der Waals surface area contributed by atoms with E-state index in [2.05, 4.69) is 46.5 Å². The van der Waals surface area contributed by atoms with Crippen molar-refractivity contribution in [2.45, 2.75) is 64.8 Å². The number of likely N-dealkylation sites (tertiary alicyclic amines) is 1. The fraction of sp³-hybridized carbons (Fsp3) is 0.810. The average molecular weight is 359 g/mol. The molecular weight excluding hydrogens is 324 g/mol. The van der Waals surface area contributed by atoms with E-state index in [0.29, 0.717) is 11.8 Å². The molecule has 2 bridgehead atoms. The number of nitrogens with zero attached hydrogens (tertiary/aromatic N) is 4. The minimum atomic E-state index is -0.0430. The summed E-state index contributed by atoms with van der Waals surface area (Å²) >= 11 is 0. The summed E-state index contributed by atoms with van der Waals surface area (Å²) in [6.07, 6.45) is 10.5. The second-order valence-corrected chi connectivity index (χ2v) is 9.55. The van der Waals surface area contributed by atoms with Crippen LogP contribution in [0.4, 0.5) is 0 Å². The van der Waals surface area contributed by atoms with Gasteiger partial charge in [-0.05, 0) is 76.6 Å². The molecule has 4 aliphatic heterocycles. The summed E-state index contributed by atoms with van der Waals surface area (Å²) in [5.41, 5.74) is 1.32. The van der Waals surface area contributed by atoms with Crippen LogP contribution in [0.5, 0.6) is 0 Å². The largest absolute Gasteiger partial charge is 0.342 e. The lowest BCUT2D eigenvalue weighted by molar-refractivity contribution is -0.151. The standard InChI is InChI=1S/C21H34N4O/c1-17(2)14-18-15-22-25(16-18)20(3)4-12-24(13-5-20)19(26)21-6-9-23(10-7-21)11-8-21/h15-17H,4-14H2,1-3H3. The topological polar surface area (TPSA) is 41.4 Å². The number of fused-ring (bicyclic) bond motifs is 3. The van der Waals surface area contributed by atoms with Gasteiger partial charge in [-0.2, -0.15) is 5.10 Å². The Kier molecular flexibility index (Phi) is 4.62. The van der Waals surface area contributed by atoms with E-state index in [0.717, 1.165) is 71.2 Å². The molecule has 4 fully saturated rings. The molecule has 0 aromatic carbocycles. The summed E-state index contributed by atoms with van der Waals surface area (Å²) < 4.78 is 2.17. The Hall–Kier alpha value is -1.36. The van der Waals surface area contributed by atoms with E-state index in [1.165, 1.54) is 5.56 Å². The van der Waals surface area contributed by atoms with Gasteiger partial charge < -0.3 is 9.80 Å². The minimum Gasteiger partial charge on any atom is -0.342 e. The van der Waals surface area contributed by atoms with Crippen molar-refractivity contribution in [3.05, 3.63) is 18.0 Å². The lowest BCUT2D eigenvalue weighted by atomic mass is 9.70. The Morgan fingerprint density at radius 2 is 1.69 bits per heavy atom. The van der Waals surface area contributed by atoms with Crippen molar-refractivity contribution in [3.63, 3.8) is 0 Å². The molecular formula is C21H34N4O. The van der Waals surface area contributed by atoms with E-state index in [1.54, 1.807) is 0 Å². The number of carbonyl (C=O) groups excluding carboxylic acids is 1. The molecule has 4 saturated heterocycles. The molecule has 0 spiro atoms. The van der Waals surface area contributed by atoms with Crippen LogP contribution >= 0.6 is 0 Å². The zero-order valence-electron chi connectivity index (χ0n) is 16.7. The maximum absolute atomic E-state index is 13.3. The first-order valence-corrected chi connectivity index (χ1v) is 10.5. The molecule has 0 unspecified atom stereocenters. The molecule has 0 atom stereocenters. The second-order valence-electron chi connectivity index (χ2n) is 9.55. The van der Waals surface area contributed by atoms with E-state index >= 15 is 0 Å². The highest BCUT2D eigenvalue weighted by atomic mass is 16.2. The van der Waals surface area contributed by atoms with E-state index in [9.17, 15) is 4.79 Å². The van der Waals surface area contributed by atoms with Gasteiger partial charge in [0.2, 0.25) is 5.91 Å². The highest BCUT2D eigenvalue weighted by Gasteiger charge is 2.48. The molecule has 5 heterocycles. The smallest absolute Gasteiger partial charge is 0.228 e. The summed E-state index contributed by atoms with van der Waals surface area (Å²) in [5.74, 6) is 1.10. The predicted molar refractivity (Wildman–Crippen MR) is 103 cm³/mol. The van der Waals surface area contributed by atoms with E-state index in [4.69, 9.17) is 0 Å². The molecule has 5 rings (SSSR count). The summed E-state index contributed by atoms with van der Waals surface area (Å²) in [6.45, 7) is 11.9. The van der Waals surface area contributed by atoms with Crippen molar-refractivity contribution < 1.29 is 4.79 Å². The number of piperidine rings is 4. The Balaban J connectivity index is 1.40. The third-order valence-electron chi connectivity index (χ3n) is 7.13. The summed E-state index contributed by atoms with van der Waals surface area (Å²) in [6, 6.07) is 0. The van der Waals surface area contributed by atoms with Crippen LogP contribution in [0.25, 0.3) is 0 Å². The van der Waals surface area contributed by atoms with Crippen molar-refractivity contribution >= 4 is 5.91 Å². The van der Waals surface area contributed by atoms with Gasteiger partial charge in [0.05, 0.1) is 17.2 Å². The quantitative estimate of drug-likeness (QED) is 0.831. The maximum Gasteiger partial charge on any atom is 0.228 e. The van der Waals surface area contributed by atoms with Crippen LogP contribution in [0.1, 0.15) is 58.4 Å². The van der Waals surface area contributed by atoms with Gasteiger partial charge in [-0.1, -0.05) is 13.8 Å². The molecule has 1 aromatic heterocycles. The van der Waals surface area contributed by atoms with E-state index in [-0.39, 0.29) is 11.0 Å². The monoisotopic (exact) mass is 358 g/mol. The van der Waals surface area contributed by atoms with Crippen LogP contribution in [-0.2, 0) is 16.8 Å². The summed E-state index contributed by atoms with van der Waals surface area (Å²) in [7, 11) is 0. The number of aromatic nitrogens is 2. The van der Waals surface area contributed by atoms with E-state index in [1.807, 2.05) is 6.20 Å². The predicted octanol–water partition coefficient (Wildman–Crippen LogP) is 2.91. The Morgan fingerprint density at radius 3 is 2.27 bits per heavy atom. The molecule has 0 aliphatic carbocycles. The first-order valence-electron chi connectivity index (χ1n) is 10.5. The zero-order chi connectivity index (χ0) is 18.4. The summed E-state index contributed by atoms with van der Waals surface area (Å²) in [4.78, 5) is 18.0. The van der Waals surface area contributed by atoms with Crippen LogP contribution in [0, 0.1) is 11.3 Å². The third kappa shape index (κ3) is 3.19. The molecule has 0 N–H and O–H groups in total. The van der Waals surface area contributed by atoms with Gasteiger partial charge >= 0.3 is 0 Å². The molecule has 1 amide bonds. The minimum absolute atomic E-state index is 0.0413. The molecule has 0 radical (unpaired) electrons. The number of hydrogen-bond donors (Lipinski definition) is 0. The third-order valence-corrected chi connectivity index (χ3v) is 7.13. The first-order chi connectivity index (χ1) is 12.4. The Morgan fingerprint density at radius 1 is 1.08 bits per heavy atom. The molecule has 26 heavy (non-hydrogen) atoms. The van der Waals surface area contributed by atoms with E-state index < -0.39 is 0 Å². The normalized spacial score (nSPS) is 30.8. The number of carbonyl (C=O) groups is 1. The number of rotatable bonds is 4. The fourth-order valence-corrected chi connectivity index (χ4v) is 5.14. The van der Waals surface area contributed by atoms with Crippen molar-refractivity contribution in [3.8, 4) is 0 Å². The van der Waals surface area contributed by atoms with Gasteiger partial charge in [0.1, 0.15) is 0 Å². The number of hydrogen-bond acceptors (Lipinski definition) is 3. The van der Waals surface area contributed by atoms with Crippen molar-refractivity contribution in [2.75, 3.05) is 32.7 Å². The molecule has 4 aliphatic rings. The highest BCUT2D eigenvalue weighted by molar-refractivity contribution is 5.83. The van der Waals surface area contributed by atoms with Crippen molar-refractivity contribution in [1.29, 1.82) is 0 Å². The molecule has 1 aromatic rings. The van der Waals surface area contributed by atoms with Crippen LogP contribution < -0.4 is 0 Å². The van der Waals surface area contributed by atoms with Crippen molar-refractivity contribution in [2.24, 2.45) is 11.3 Å². The lowest BCUT2D eigenvalue weighted by Gasteiger charge is -2.50. The van der Waals surface area contributed by atoms with Crippen LogP contribution in [0.3, 0.4) is 0 Å². The first kappa shape index (κ1) is 18.0. The van der Waals surface area contributed by atoms with Gasteiger partial charge in [0.15, 0.2) is 0 Å². The molecule has 0 saturated carbocycles. The molecule has 5 nitrogen and oxygen atoms in total. The Bertz CT molecular complexity index is 635. The molecule has 5 heteroatoms. The van der Waals surface area contributed by atoms with Gasteiger partial charge in [0.25, 0.3) is 0 Å². The highest BCUT2D eigenvalue weighted by Crippen LogP contribution is 2.42. The zero-order valence-corrected chi connectivity index (χ0v) is 16.7. The van der Waals surface area contributed by atoms with Crippen LogP contribution in [-0.4, -0.2) is 58.2 Å². The fourth-order valence-electron chi connectivity index (χ4n) is 5.14. The summed E-state index contributed by atoms with van der Waals surface area (Å²) in [5, 5.41) is 4.67.